The summed E-state index contributed by atoms with van der Waals surface area (Å²) in [6.45, 7) is 1.95. The van der Waals surface area contributed by atoms with E-state index in [-0.39, 0.29) is 28.0 Å². The molecule has 0 aliphatic carbocycles. The lowest BCUT2D eigenvalue weighted by Crippen LogP contribution is -2.29. The van der Waals surface area contributed by atoms with Gasteiger partial charge in [-0.15, -0.1) is 0 Å². The number of carboxylic acid groups (broad SMARTS) is 1. The number of halogens is 3. The Morgan fingerprint density at radius 2 is 1.68 bits per heavy atom. The third-order valence-electron chi connectivity index (χ3n) is 5.30. The highest BCUT2D eigenvalue weighted by Crippen LogP contribution is 2.29. The van der Waals surface area contributed by atoms with Gasteiger partial charge in [-0.1, -0.05) is 47.5 Å². The molecule has 2 heterocycles. The summed E-state index contributed by atoms with van der Waals surface area (Å²) in [5.74, 6) is -2.22. The van der Waals surface area contributed by atoms with Gasteiger partial charge >= 0.3 is 12.0 Å². The number of aromatic nitrogens is 3. The van der Waals surface area contributed by atoms with Crippen molar-refractivity contribution in [3.63, 3.8) is 0 Å². The van der Waals surface area contributed by atoms with Crippen molar-refractivity contribution in [2.45, 2.75) is 13.5 Å². The number of rotatable bonds is 6. The predicted octanol–water partition coefficient (Wildman–Crippen LogP) is 5.78. The van der Waals surface area contributed by atoms with E-state index in [4.69, 9.17) is 23.2 Å². The van der Waals surface area contributed by atoms with Crippen molar-refractivity contribution in [2.75, 3.05) is 10.6 Å². The van der Waals surface area contributed by atoms with Crippen LogP contribution in [-0.2, 0) is 6.54 Å². The smallest absolute Gasteiger partial charge is 0.338 e. The normalized spacial score (nSPS) is 10.7. The molecule has 0 atom stereocenters. The molecule has 0 aliphatic rings. The van der Waals surface area contributed by atoms with Crippen molar-refractivity contribution in [1.82, 2.24) is 14.8 Å². The molecule has 0 spiro atoms. The van der Waals surface area contributed by atoms with Crippen LogP contribution in [0.15, 0.2) is 65.7 Å². The Kier molecular flexibility index (Phi) is 7.51. The highest BCUT2D eigenvalue weighted by molar-refractivity contribution is 6.39. The molecule has 0 radical (unpaired) electrons. The molecule has 0 saturated carbocycles. The van der Waals surface area contributed by atoms with Gasteiger partial charge in [0.25, 0.3) is 5.56 Å². The minimum atomic E-state index is -1.38. The topological polar surface area (TPSA) is 126 Å². The number of nitrogens with zero attached hydrogens (tertiary/aromatic N) is 3. The van der Waals surface area contributed by atoms with E-state index in [9.17, 15) is 23.9 Å². The summed E-state index contributed by atoms with van der Waals surface area (Å²) in [4.78, 5) is 40.6. The van der Waals surface area contributed by atoms with E-state index in [1.807, 2.05) is 0 Å². The summed E-state index contributed by atoms with van der Waals surface area (Å²) in [6, 6.07) is 11.3. The summed E-state index contributed by atoms with van der Waals surface area (Å²) in [5, 5.41) is 18.8. The maximum Gasteiger partial charge on any atom is 0.338 e. The van der Waals surface area contributed by atoms with Gasteiger partial charge in [-0.05, 0) is 42.3 Å². The fraction of sp³-hybridized carbons (Fsp3) is 0.0800. The van der Waals surface area contributed by atoms with Gasteiger partial charge in [-0.2, -0.15) is 5.10 Å². The number of hydrogen-bond acceptors (Lipinski definition) is 5. The molecule has 2 amide bonds. The number of nitrogens with one attached hydrogen (secondary N) is 2. The van der Waals surface area contributed by atoms with Gasteiger partial charge in [0.2, 0.25) is 0 Å². The molecule has 2 aromatic carbocycles. The summed E-state index contributed by atoms with van der Waals surface area (Å²) in [7, 11) is 0. The lowest BCUT2D eigenvalue weighted by atomic mass is 9.99. The number of carboxylic acids is 1. The van der Waals surface area contributed by atoms with E-state index in [1.165, 1.54) is 35.3 Å². The Bertz CT molecular complexity index is 1570. The molecule has 0 saturated heterocycles. The second-order valence-corrected chi connectivity index (χ2v) is 8.52. The van der Waals surface area contributed by atoms with Gasteiger partial charge in [-0.25, -0.2) is 18.7 Å². The Morgan fingerprint density at radius 3 is 2.35 bits per heavy atom. The average Bonchev–Trinajstić information content (AvgIpc) is 2.87. The Morgan fingerprint density at radius 1 is 1.00 bits per heavy atom. The number of aromatic carboxylic acids is 1. The number of benzene rings is 2. The maximum absolute atomic E-state index is 13.9. The van der Waals surface area contributed by atoms with Crippen LogP contribution in [0.2, 0.25) is 10.0 Å². The van der Waals surface area contributed by atoms with Crippen LogP contribution in [0.4, 0.5) is 20.6 Å². The monoisotopic (exact) mass is 541 g/mol. The first kappa shape index (κ1) is 25.8. The highest BCUT2D eigenvalue weighted by atomic mass is 35.5. The predicted molar refractivity (Wildman–Crippen MR) is 139 cm³/mol. The summed E-state index contributed by atoms with van der Waals surface area (Å²) >= 11 is 12.1. The molecule has 188 valence electrons. The molecular formula is C25H18Cl2FN5O4. The van der Waals surface area contributed by atoms with E-state index in [0.29, 0.717) is 22.4 Å². The van der Waals surface area contributed by atoms with Crippen molar-refractivity contribution >= 4 is 46.6 Å². The SMILES string of the molecule is CCn1nc(-c2cccc(-c3ccc(F)c(C(=O)O)c3)c2)cc(NC(=O)Nc2c(Cl)cncc2Cl)c1=O. The second kappa shape index (κ2) is 10.8. The molecule has 0 unspecified atom stereocenters. The fourth-order valence-corrected chi connectivity index (χ4v) is 3.97. The molecule has 0 fully saturated rings. The number of pyridine rings is 1. The van der Waals surface area contributed by atoms with Crippen LogP contribution in [0.1, 0.15) is 17.3 Å². The molecule has 0 bridgehead atoms. The fourth-order valence-electron chi connectivity index (χ4n) is 3.51. The van der Waals surface area contributed by atoms with Crippen molar-refractivity contribution < 1.29 is 19.1 Å². The van der Waals surface area contributed by atoms with E-state index >= 15 is 0 Å². The van der Waals surface area contributed by atoms with E-state index in [1.54, 1.807) is 31.2 Å². The van der Waals surface area contributed by atoms with Crippen LogP contribution >= 0.6 is 23.2 Å². The first-order valence-corrected chi connectivity index (χ1v) is 11.6. The van der Waals surface area contributed by atoms with Crippen molar-refractivity contribution in [2.24, 2.45) is 0 Å². The third kappa shape index (κ3) is 5.60. The van der Waals surface area contributed by atoms with Crippen molar-refractivity contribution in [3.8, 4) is 22.4 Å². The third-order valence-corrected chi connectivity index (χ3v) is 5.88. The molecular weight excluding hydrogens is 524 g/mol. The van der Waals surface area contributed by atoms with E-state index < -0.39 is 28.9 Å². The number of hydrogen-bond donors (Lipinski definition) is 3. The van der Waals surface area contributed by atoms with Gasteiger partial charge < -0.3 is 15.7 Å². The van der Waals surface area contributed by atoms with Crippen molar-refractivity contribution in [3.05, 3.63) is 92.7 Å². The summed E-state index contributed by atoms with van der Waals surface area (Å²) in [5.41, 5.74) is 1.11. The zero-order chi connectivity index (χ0) is 26.7. The quantitative estimate of drug-likeness (QED) is 0.284. The van der Waals surface area contributed by atoms with Crippen LogP contribution in [0.25, 0.3) is 22.4 Å². The van der Waals surface area contributed by atoms with Crippen LogP contribution in [0.3, 0.4) is 0 Å². The molecule has 9 nitrogen and oxygen atoms in total. The molecule has 4 rings (SSSR count). The Labute approximate surface area is 219 Å². The Balaban J connectivity index is 1.69. The highest BCUT2D eigenvalue weighted by Gasteiger charge is 2.16. The number of carbonyl (C=O) groups excluding carboxylic acids is 1. The zero-order valence-electron chi connectivity index (χ0n) is 19.1. The summed E-state index contributed by atoms with van der Waals surface area (Å²) in [6.07, 6.45) is 2.62. The molecule has 37 heavy (non-hydrogen) atoms. The van der Waals surface area contributed by atoms with E-state index in [0.717, 1.165) is 6.07 Å². The Hall–Kier alpha value is -4.28. The average molecular weight is 542 g/mol. The largest absolute Gasteiger partial charge is 0.478 e. The zero-order valence-corrected chi connectivity index (χ0v) is 20.6. The lowest BCUT2D eigenvalue weighted by Gasteiger charge is -2.13. The molecule has 12 heteroatoms. The van der Waals surface area contributed by atoms with Gasteiger partial charge in [0.1, 0.15) is 11.5 Å². The van der Waals surface area contributed by atoms with Gasteiger partial charge in [0.15, 0.2) is 0 Å². The number of carbonyl (C=O) groups is 2. The van der Waals surface area contributed by atoms with Gasteiger partial charge in [-0.3, -0.25) is 9.78 Å². The molecule has 4 aromatic rings. The summed E-state index contributed by atoms with van der Waals surface area (Å²) < 4.78 is 15.0. The second-order valence-electron chi connectivity index (χ2n) is 7.70. The van der Waals surface area contributed by atoms with Crippen LogP contribution in [0.5, 0.6) is 0 Å². The minimum absolute atomic E-state index is 0.0500. The first-order chi connectivity index (χ1) is 17.7. The lowest BCUT2D eigenvalue weighted by molar-refractivity contribution is 0.0692. The van der Waals surface area contributed by atoms with Gasteiger partial charge in [0.05, 0.1) is 27.0 Å². The van der Waals surface area contributed by atoms with Crippen molar-refractivity contribution in [1.29, 1.82) is 0 Å². The minimum Gasteiger partial charge on any atom is -0.478 e. The van der Waals surface area contributed by atoms with Crippen LogP contribution in [-0.4, -0.2) is 31.9 Å². The van der Waals surface area contributed by atoms with Crippen LogP contribution in [0, 0.1) is 5.82 Å². The van der Waals surface area contributed by atoms with E-state index in [2.05, 4.69) is 20.7 Å². The maximum atomic E-state index is 13.9. The number of anilines is 2. The number of aryl methyl sites for hydroxylation is 1. The molecule has 3 N–H and O–H groups in total. The van der Waals surface area contributed by atoms with Gasteiger partial charge in [0, 0.05) is 24.5 Å². The van der Waals surface area contributed by atoms with Crippen LogP contribution < -0.4 is 16.2 Å². The molecule has 0 aliphatic heterocycles. The standard InChI is InChI=1S/C25H18Cl2FN5O4/c1-2-33-23(34)21(30-25(37)31-22-17(26)11-29-12-18(22)27)10-20(32-33)15-5-3-4-13(8-15)14-6-7-19(28)16(9-14)24(35)36/h3-12H,2H2,1H3,(H,35,36)(H2,29,30,31,37). The number of urea groups is 1. The molecule has 2 aromatic heterocycles. The number of amides is 2. The first-order valence-electron chi connectivity index (χ1n) is 10.8.